The SMILES string of the molecule is COc1cc(C)ccc1-c1nc2c(n1C(C)C)C1(C(=O)Nc3cc(C)ccc31)N(c1cc(Cl)cnc1C)C2=O. The summed E-state index contributed by atoms with van der Waals surface area (Å²) in [5.41, 5.74) is 4.34. The molecule has 0 saturated heterocycles. The number of amides is 2. The lowest BCUT2D eigenvalue weighted by molar-refractivity contribution is -0.119. The van der Waals surface area contributed by atoms with E-state index in [1.807, 2.05) is 68.7 Å². The lowest BCUT2D eigenvalue weighted by Gasteiger charge is -2.36. The van der Waals surface area contributed by atoms with Crippen LogP contribution >= 0.6 is 11.6 Å². The van der Waals surface area contributed by atoms with Crippen molar-refractivity contribution in [3.63, 3.8) is 0 Å². The van der Waals surface area contributed by atoms with Crippen LogP contribution in [0.4, 0.5) is 11.4 Å². The zero-order valence-corrected chi connectivity index (χ0v) is 23.3. The number of methoxy groups -OCH3 is 1. The number of halogens is 1. The number of nitrogens with one attached hydrogen (secondary N) is 1. The molecule has 39 heavy (non-hydrogen) atoms. The zero-order chi connectivity index (χ0) is 27.8. The third-order valence-corrected chi connectivity index (χ3v) is 7.73. The normalized spacial score (nSPS) is 17.7. The highest BCUT2D eigenvalue weighted by Crippen LogP contribution is 2.55. The predicted octanol–water partition coefficient (Wildman–Crippen LogP) is 5.97. The molecule has 9 heteroatoms. The van der Waals surface area contributed by atoms with Crippen LogP contribution in [-0.4, -0.2) is 33.5 Å². The maximum absolute atomic E-state index is 14.4. The standard InChI is InChI=1S/C30H28ClN5O3/c1-15(2)35-26-25(34-27(35)20-9-7-17(4)12-24(20)39-6)28(37)36(23-13-19(31)14-32-18(23)5)30(26)21-10-8-16(3)11-22(21)33-29(30)38/h7-15H,1-6H3,(H,33,38). The summed E-state index contributed by atoms with van der Waals surface area (Å²) in [4.78, 5) is 39.6. The van der Waals surface area contributed by atoms with Gasteiger partial charge >= 0.3 is 0 Å². The first-order chi connectivity index (χ1) is 18.6. The van der Waals surface area contributed by atoms with Crippen molar-refractivity contribution in [3.05, 3.63) is 87.5 Å². The minimum Gasteiger partial charge on any atom is -0.496 e. The summed E-state index contributed by atoms with van der Waals surface area (Å²) in [5.74, 6) is 0.473. The van der Waals surface area contributed by atoms with E-state index in [1.165, 1.54) is 11.1 Å². The Kier molecular flexibility index (Phi) is 5.59. The molecule has 8 nitrogen and oxygen atoms in total. The molecule has 2 aromatic carbocycles. The number of ether oxygens (including phenoxy) is 1. The number of benzene rings is 2. The molecule has 4 heterocycles. The molecule has 198 valence electrons. The maximum atomic E-state index is 14.4. The number of anilines is 2. The molecular formula is C30H28ClN5O3. The van der Waals surface area contributed by atoms with E-state index in [4.69, 9.17) is 21.3 Å². The summed E-state index contributed by atoms with van der Waals surface area (Å²) >= 11 is 6.38. The van der Waals surface area contributed by atoms with E-state index in [0.29, 0.717) is 44.9 Å². The molecule has 2 aromatic heterocycles. The van der Waals surface area contributed by atoms with Crippen molar-refractivity contribution in [3.8, 4) is 17.1 Å². The van der Waals surface area contributed by atoms with Crippen LogP contribution in [0.3, 0.4) is 0 Å². The lowest BCUT2D eigenvalue weighted by Crippen LogP contribution is -2.51. The van der Waals surface area contributed by atoms with E-state index in [9.17, 15) is 9.59 Å². The summed E-state index contributed by atoms with van der Waals surface area (Å²) in [7, 11) is 1.61. The molecule has 2 amide bonds. The van der Waals surface area contributed by atoms with Crippen LogP contribution in [0.1, 0.15) is 58.5 Å². The number of nitrogens with zero attached hydrogens (tertiary/aromatic N) is 4. The van der Waals surface area contributed by atoms with Crippen LogP contribution in [0.5, 0.6) is 5.75 Å². The Morgan fingerprint density at radius 2 is 1.74 bits per heavy atom. The van der Waals surface area contributed by atoms with Crippen molar-refractivity contribution < 1.29 is 14.3 Å². The van der Waals surface area contributed by atoms with Gasteiger partial charge in [0.15, 0.2) is 11.2 Å². The first-order valence-corrected chi connectivity index (χ1v) is 13.1. The monoisotopic (exact) mass is 541 g/mol. The smallest absolute Gasteiger partial charge is 0.280 e. The third kappa shape index (κ3) is 3.37. The Morgan fingerprint density at radius 1 is 1.03 bits per heavy atom. The second-order valence-electron chi connectivity index (χ2n) is 10.4. The van der Waals surface area contributed by atoms with Gasteiger partial charge in [-0.15, -0.1) is 0 Å². The van der Waals surface area contributed by atoms with Crippen LogP contribution in [-0.2, 0) is 10.3 Å². The van der Waals surface area contributed by atoms with Gasteiger partial charge in [-0.25, -0.2) is 4.98 Å². The quantitative estimate of drug-likeness (QED) is 0.344. The highest BCUT2D eigenvalue weighted by molar-refractivity contribution is 6.31. The first-order valence-electron chi connectivity index (χ1n) is 12.8. The van der Waals surface area contributed by atoms with Crippen molar-refractivity contribution >= 4 is 34.8 Å². The van der Waals surface area contributed by atoms with Crippen LogP contribution < -0.4 is 15.0 Å². The molecule has 1 unspecified atom stereocenters. The fourth-order valence-corrected chi connectivity index (χ4v) is 6.00. The Hall–Kier alpha value is -4.17. The molecule has 0 saturated carbocycles. The fourth-order valence-electron chi connectivity index (χ4n) is 5.85. The van der Waals surface area contributed by atoms with Gasteiger partial charge in [-0.1, -0.05) is 29.8 Å². The van der Waals surface area contributed by atoms with E-state index < -0.39 is 11.4 Å². The number of aryl methyl sites for hydroxylation is 3. The van der Waals surface area contributed by atoms with E-state index in [2.05, 4.69) is 10.3 Å². The number of hydrogen-bond donors (Lipinski definition) is 1. The van der Waals surface area contributed by atoms with Gasteiger partial charge in [-0.3, -0.25) is 19.5 Å². The third-order valence-electron chi connectivity index (χ3n) is 7.52. The van der Waals surface area contributed by atoms with Gasteiger partial charge in [0.1, 0.15) is 11.6 Å². The van der Waals surface area contributed by atoms with Crippen molar-refractivity contribution in [1.82, 2.24) is 14.5 Å². The van der Waals surface area contributed by atoms with Gasteiger partial charge < -0.3 is 14.6 Å². The average molecular weight is 542 g/mol. The molecule has 1 N–H and O–H groups in total. The molecule has 0 aliphatic carbocycles. The topological polar surface area (TPSA) is 89.3 Å². The summed E-state index contributed by atoms with van der Waals surface area (Å²) < 4.78 is 7.71. The summed E-state index contributed by atoms with van der Waals surface area (Å²) in [5, 5.41) is 3.42. The van der Waals surface area contributed by atoms with E-state index in [-0.39, 0.29) is 17.6 Å². The summed E-state index contributed by atoms with van der Waals surface area (Å²) in [6.45, 7) is 9.78. The first kappa shape index (κ1) is 25.1. The maximum Gasteiger partial charge on any atom is 0.280 e. The molecule has 1 spiro atoms. The highest BCUT2D eigenvalue weighted by atomic mass is 35.5. The number of aromatic nitrogens is 3. The average Bonchev–Trinajstić information content (AvgIpc) is 3.49. The Morgan fingerprint density at radius 3 is 2.46 bits per heavy atom. The second kappa shape index (κ2) is 8.68. The molecule has 2 aliphatic rings. The highest BCUT2D eigenvalue weighted by Gasteiger charge is 2.64. The minimum atomic E-state index is -1.51. The van der Waals surface area contributed by atoms with Gasteiger partial charge in [0.25, 0.3) is 11.8 Å². The van der Waals surface area contributed by atoms with Crippen LogP contribution in [0, 0.1) is 20.8 Å². The number of imidazole rings is 1. The van der Waals surface area contributed by atoms with Crippen molar-refractivity contribution in [2.24, 2.45) is 0 Å². The number of carbonyl (C=O) groups excluding carboxylic acids is 2. The Balaban J connectivity index is 1.74. The molecule has 2 aliphatic heterocycles. The molecule has 4 aromatic rings. The number of rotatable bonds is 4. The van der Waals surface area contributed by atoms with Gasteiger partial charge in [0.05, 0.1) is 34.8 Å². The molecule has 6 rings (SSSR count). The Labute approximate surface area is 231 Å². The van der Waals surface area contributed by atoms with Crippen LogP contribution in [0.2, 0.25) is 5.02 Å². The second-order valence-corrected chi connectivity index (χ2v) is 10.8. The number of pyridine rings is 1. The summed E-state index contributed by atoms with van der Waals surface area (Å²) in [6.07, 6.45) is 1.53. The van der Waals surface area contributed by atoms with Gasteiger partial charge in [0, 0.05) is 23.5 Å². The molecule has 0 radical (unpaired) electrons. The van der Waals surface area contributed by atoms with Gasteiger partial charge in [-0.2, -0.15) is 0 Å². The molecule has 0 bridgehead atoms. The van der Waals surface area contributed by atoms with Gasteiger partial charge in [0.2, 0.25) is 0 Å². The Bertz CT molecular complexity index is 1710. The van der Waals surface area contributed by atoms with Crippen LogP contribution in [0.25, 0.3) is 11.4 Å². The number of hydrogen-bond acceptors (Lipinski definition) is 5. The predicted molar refractivity (Wildman–Crippen MR) is 151 cm³/mol. The molecule has 0 fully saturated rings. The minimum absolute atomic E-state index is 0.146. The largest absolute Gasteiger partial charge is 0.496 e. The molecule has 1 atom stereocenters. The van der Waals surface area contributed by atoms with Gasteiger partial charge in [-0.05, 0) is 70.0 Å². The fraction of sp³-hybridized carbons (Fsp3) is 0.267. The number of fused-ring (bicyclic) bond motifs is 4. The van der Waals surface area contributed by atoms with E-state index in [1.54, 1.807) is 20.1 Å². The van der Waals surface area contributed by atoms with E-state index in [0.717, 1.165) is 16.7 Å². The molecular weight excluding hydrogens is 514 g/mol. The number of carbonyl (C=O) groups is 2. The summed E-state index contributed by atoms with van der Waals surface area (Å²) in [6, 6.07) is 13.2. The van der Waals surface area contributed by atoms with Crippen molar-refractivity contribution in [2.45, 2.75) is 46.2 Å². The van der Waals surface area contributed by atoms with Crippen molar-refractivity contribution in [1.29, 1.82) is 0 Å². The van der Waals surface area contributed by atoms with Crippen LogP contribution in [0.15, 0.2) is 48.7 Å². The van der Waals surface area contributed by atoms with Crippen molar-refractivity contribution in [2.75, 3.05) is 17.3 Å². The van der Waals surface area contributed by atoms with E-state index >= 15 is 0 Å². The lowest BCUT2D eigenvalue weighted by atomic mass is 9.86. The zero-order valence-electron chi connectivity index (χ0n) is 22.6.